The number of tetrazole rings is 1. The zero-order valence-electron chi connectivity index (χ0n) is 15.4. The monoisotopic (exact) mass is 347 g/mol. The van der Waals surface area contributed by atoms with Crippen LogP contribution < -0.4 is 5.10 Å². The van der Waals surface area contributed by atoms with E-state index in [1.54, 1.807) is 6.92 Å². The van der Waals surface area contributed by atoms with Gasteiger partial charge in [0.1, 0.15) is 0 Å². The van der Waals surface area contributed by atoms with Crippen molar-refractivity contribution in [3.05, 3.63) is 21.8 Å². The molecule has 1 aromatic heterocycles. The van der Waals surface area contributed by atoms with Crippen LogP contribution in [-0.4, -0.2) is 54.8 Å². The molecule has 0 aliphatic carbocycles. The first kappa shape index (κ1) is 29.6. The van der Waals surface area contributed by atoms with Crippen molar-refractivity contribution >= 4 is 0 Å². The van der Waals surface area contributed by atoms with E-state index in [2.05, 4.69) is 36.6 Å². The van der Waals surface area contributed by atoms with Gasteiger partial charge in [-0.3, -0.25) is 10.3 Å². The first-order valence-electron chi connectivity index (χ1n) is 7.69. The van der Waals surface area contributed by atoms with Crippen LogP contribution in [0.15, 0.2) is 0 Å². The van der Waals surface area contributed by atoms with Crippen molar-refractivity contribution in [2.75, 3.05) is 39.3 Å². The summed E-state index contributed by atoms with van der Waals surface area (Å²) < 4.78 is 0. The number of rotatable bonds is 6. The smallest absolute Gasteiger partial charge is 0.663 e. The summed E-state index contributed by atoms with van der Waals surface area (Å²) in [6.45, 7) is 19.8. The molecule has 22 heavy (non-hydrogen) atoms. The standard InChI is InChI=1S/3C4H10N.C2H3N4.Ti/c3*1-3-5-4-2;1-2-3-5-6-4-2;/h3*3-4H2,1-2H3;1H3;/q4*-1;+4. The molecule has 0 amide bonds. The summed E-state index contributed by atoms with van der Waals surface area (Å²) in [5.74, 6) is 0.620. The van der Waals surface area contributed by atoms with Crippen LogP contribution in [0.5, 0.6) is 0 Å². The molecule has 128 valence electrons. The van der Waals surface area contributed by atoms with Gasteiger partial charge >= 0.3 is 21.7 Å². The van der Waals surface area contributed by atoms with E-state index in [-0.39, 0.29) is 21.7 Å². The molecule has 0 fully saturated rings. The van der Waals surface area contributed by atoms with Gasteiger partial charge in [-0.1, -0.05) is 41.5 Å². The van der Waals surface area contributed by atoms with Crippen LogP contribution in [0.2, 0.25) is 0 Å². The van der Waals surface area contributed by atoms with E-state index in [0.29, 0.717) is 5.82 Å². The Morgan fingerprint density at radius 3 is 1.09 bits per heavy atom. The fourth-order valence-electron chi connectivity index (χ4n) is 0.860. The van der Waals surface area contributed by atoms with Crippen molar-refractivity contribution in [2.45, 2.75) is 48.5 Å². The van der Waals surface area contributed by atoms with Crippen molar-refractivity contribution in [2.24, 2.45) is 0 Å². The van der Waals surface area contributed by atoms with Gasteiger partial charge in [-0.2, -0.15) is 44.5 Å². The van der Waals surface area contributed by atoms with E-state index in [4.69, 9.17) is 0 Å². The first-order chi connectivity index (χ1) is 10.1. The van der Waals surface area contributed by atoms with E-state index in [1.165, 1.54) is 0 Å². The Bertz CT molecular complexity index is 213. The summed E-state index contributed by atoms with van der Waals surface area (Å²) in [7, 11) is 0. The van der Waals surface area contributed by atoms with Gasteiger partial charge in [-0.05, 0) is 6.92 Å². The van der Waals surface area contributed by atoms with Crippen molar-refractivity contribution in [3.8, 4) is 0 Å². The molecule has 1 heterocycles. The van der Waals surface area contributed by atoms with Crippen LogP contribution in [0.25, 0.3) is 16.0 Å². The molecule has 1 rings (SSSR count). The second-order valence-electron chi connectivity index (χ2n) is 3.49. The van der Waals surface area contributed by atoms with E-state index in [1.807, 2.05) is 41.5 Å². The Kier molecular flexibility index (Phi) is 43.9. The summed E-state index contributed by atoms with van der Waals surface area (Å²) >= 11 is 0. The molecule has 0 unspecified atom stereocenters. The van der Waals surface area contributed by atoms with Gasteiger partial charge in [0, 0.05) is 5.82 Å². The molecule has 0 aromatic carbocycles. The van der Waals surface area contributed by atoms with Crippen LogP contribution in [0.4, 0.5) is 0 Å². The predicted molar refractivity (Wildman–Crippen MR) is 91.2 cm³/mol. The van der Waals surface area contributed by atoms with Gasteiger partial charge in [0.2, 0.25) is 0 Å². The number of hydrogen-bond donors (Lipinski definition) is 0. The molecule has 1 aromatic rings. The van der Waals surface area contributed by atoms with Crippen LogP contribution in [0.3, 0.4) is 0 Å². The normalized spacial score (nSPS) is 8.14. The van der Waals surface area contributed by atoms with E-state index in [0.717, 1.165) is 39.3 Å². The average Bonchev–Trinajstić information content (AvgIpc) is 2.95. The second kappa shape index (κ2) is 32.6. The molecule has 0 radical (unpaired) electrons. The maximum atomic E-state index is 3.97. The molecular weight excluding hydrogens is 314 g/mol. The molecule has 0 aliphatic rings. The number of hydrogen-bond acceptors (Lipinski definition) is 3. The molecule has 0 saturated heterocycles. The average molecular weight is 347 g/mol. The zero-order chi connectivity index (χ0) is 16.8. The Morgan fingerprint density at radius 2 is 1.05 bits per heavy atom. The fraction of sp³-hybridized carbons (Fsp3) is 0.929. The summed E-state index contributed by atoms with van der Waals surface area (Å²) in [5, 5.41) is 25.2. The minimum atomic E-state index is 0. The summed E-state index contributed by atoms with van der Waals surface area (Å²) in [6.07, 6.45) is 0. The number of aromatic nitrogens is 4. The Labute approximate surface area is 152 Å². The van der Waals surface area contributed by atoms with Gasteiger partial charge < -0.3 is 21.0 Å². The zero-order valence-corrected chi connectivity index (χ0v) is 16.9. The van der Waals surface area contributed by atoms with Crippen LogP contribution in [0.1, 0.15) is 47.4 Å². The molecule has 8 heteroatoms. The fourth-order valence-corrected chi connectivity index (χ4v) is 0.860. The van der Waals surface area contributed by atoms with Crippen molar-refractivity contribution in [1.29, 1.82) is 0 Å². The largest absolute Gasteiger partial charge is 4.00 e. The topological polar surface area (TPSA) is 95.1 Å². The van der Waals surface area contributed by atoms with E-state index in [9.17, 15) is 0 Å². The van der Waals surface area contributed by atoms with Crippen molar-refractivity contribution < 1.29 is 21.7 Å². The molecule has 0 aliphatic heterocycles. The quantitative estimate of drug-likeness (QED) is 0.737. The Balaban J connectivity index is -0.0000000973. The first-order valence-corrected chi connectivity index (χ1v) is 7.69. The molecule has 7 nitrogen and oxygen atoms in total. The second-order valence-corrected chi connectivity index (χ2v) is 3.49. The summed E-state index contributed by atoms with van der Waals surface area (Å²) in [6, 6.07) is 0. The summed E-state index contributed by atoms with van der Waals surface area (Å²) in [5.41, 5.74) is 0. The van der Waals surface area contributed by atoms with Gasteiger partial charge in [0.05, 0.1) is 0 Å². The van der Waals surface area contributed by atoms with E-state index >= 15 is 0 Å². The molecule has 0 atom stereocenters. The summed E-state index contributed by atoms with van der Waals surface area (Å²) in [4.78, 5) is 0. The SMILES string of the molecule is CC[N-]CC.CC[N-]CC.CC[N-]CC.Cc1nnn[n-]1.[Ti+4]. The third-order valence-electron chi connectivity index (χ3n) is 1.76. The van der Waals surface area contributed by atoms with Crippen LogP contribution in [0, 0.1) is 6.92 Å². The van der Waals surface area contributed by atoms with Gasteiger partial charge in [0.25, 0.3) is 0 Å². The third-order valence-corrected chi connectivity index (χ3v) is 1.76. The van der Waals surface area contributed by atoms with Gasteiger partial charge in [0.15, 0.2) is 0 Å². The molecule has 0 bridgehead atoms. The maximum Gasteiger partial charge on any atom is 4.00 e. The number of aryl methyl sites for hydroxylation is 1. The predicted octanol–water partition coefficient (Wildman–Crippen LogP) is 3.33. The van der Waals surface area contributed by atoms with Crippen LogP contribution >= 0.6 is 0 Å². The molecule has 0 saturated carbocycles. The third kappa shape index (κ3) is 42.7. The minimum Gasteiger partial charge on any atom is -0.663 e. The van der Waals surface area contributed by atoms with E-state index < -0.39 is 0 Å². The van der Waals surface area contributed by atoms with Gasteiger partial charge in [-0.15, -0.1) is 0 Å². The van der Waals surface area contributed by atoms with Crippen molar-refractivity contribution in [1.82, 2.24) is 20.6 Å². The van der Waals surface area contributed by atoms with Crippen molar-refractivity contribution in [3.63, 3.8) is 0 Å². The Morgan fingerprint density at radius 1 is 0.727 bits per heavy atom. The minimum absolute atomic E-state index is 0. The number of nitrogens with zero attached hydrogens (tertiary/aromatic N) is 7. The molecular formula is C14H33N7Ti. The van der Waals surface area contributed by atoms with Crippen LogP contribution in [-0.2, 0) is 21.7 Å². The molecule has 0 N–H and O–H groups in total. The maximum absolute atomic E-state index is 3.97. The Hall–Kier alpha value is -0.336. The van der Waals surface area contributed by atoms with Gasteiger partial charge in [-0.25, -0.2) is 0 Å². The molecule has 0 spiro atoms.